The van der Waals surface area contributed by atoms with Crippen LogP contribution < -0.4 is 4.90 Å². The molecule has 3 aromatic rings. The number of para-hydroxylation sites is 1. The van der Waals surface area contributed by atoms with Crippen LogP contribution in [0.3, 0.4) is 0 Å². The molecule has 0 N–H and O–H groups in total. The minimum atomic E-state index is 0.239. The highest BCUT2D eigenvalue weighted by atomic mass is 16.2. The Morgan fingerprint density at radius 1 is 0.821 bits per heavy atom. The zero-order valence-corrected chi connectivity index (χ0v) is 16.1. The summed E-state index contributed by atoms with van der Waals surface area (Å²) in [6, 6.07) is 29.3. The molecule has 0 saturated heterocycles. The molecule has 0 saturated carbocycles. The fourth-order valence-electron chi connectivity index (χ4n) is 3.84. The van der Waals surface area contributed by atoms with Gasteiger partial charge < -0.3 is 9.80 Å². The minimum absolute atomic E-state index is 0.239. The van der Waals surface area contributed by atoms with Crippen molar-refractivity contribution in [1.29, 1.82) is 0 Å². The smallest absolute Gasteiger partial charge is 0.224 e. The first-order valence-electron chi connectivity index (χ1n) is 9.98. The summed E-state index contributed by atoms with van der Waals surface area (Å²) in [5.41, 5.74) is 5.07. The van der Waals surface area contributed by atoms with Gasteiger partial charge in [-0.15, -0.1) is 0 Å². The molecule has 0 unspecified atom stereocenters. The summed E-state index contributed by atoms with van der Waals surface area (Å²) in [5, 5.41) is 0. The maximum atomic E-state index is 12.9. The second-order valence-electron chi connectivity index (χ2n) is 7.33. The van der Waals surface area contributed by atoms with E-state index in [9.17, 15) is 4.79 Å². The summed E-state index contributed by atoms with van der Waals surface area (Å²) in [4.78, 5) is 17.2. The van der Waals surface area contributed by atoms with Crippen molar-refractivity contribution >= 4 is 11.6 Å². The Balaban J connectivity index is 1.42. The standard InChI is InChI=1S/C25H26N2O/c28-25(27-17-15-22-11-7-8-12-23(22)20-27)16-18-26(24-13-5-2-6-14-24)19-21-9-3-1-4-10-21/h1-14H,15-20H2. The number of carbonyl (C=O) groups excluding carboxylic acids is 1. The van der Waals surface area contributed by atoms with Gasteiger partial charge in [0.25, 0.3) is 0 Å². The number of carbonyl (C=O) groups is 1. The van der Waals surface area contributed by atoms with Gasteiger partial charge in [0.1, 0.15) is 0 Å². The fraction of sp³-hybridized carbons (Fsp3) is 0.240. The molecule has 3 heteroatoms. The Bertz CT molecular complexity index is 908. The van der Waals surface area contributed by atoms with E-state index >= 15 is 0 Å². The first-order valence-corrected chi connectivity index (χ1v) is 9.98. The zero-order valence-electron chi connectivity index (χ0n) is 16.1. The molecule has 0 atom stereocenters. The summed E-state index contributed by atoms with van der Waals surface area (Å²) < 4.78 is 0. The molecule has 1 aliphatic rings. The van der Waals surface area contributed by atoms with Crippen molar-refractivity contribution < 1.29 is 4.79 Å². The van der Waals surface area contributed by atoms with E-state index in [1.54, 1.807) is 0 Å². The van der Waals surface area contributed by atoms with Crippen LogP contribution in [0, 0.1) is 0 Å². The van der Waals surface area contributed by atoms with Crippen molar-refractivity contribution in [2.24, 2.45) is 0 Å². The highest BCUT2D eigenvalue weighted by molar-refractivity contribution is 5.77. The number of hydrogen-bond donors (Lipinski definition) is 0. The maximum Gasteiger partial charge on any atom is 0.224 e. The maximum absolute atomic E-state index is 12.9. The van der Waals surface area contributed by atoms with Gasteiger partial charge in [0, 0.05) is 38.3 Å². The predicted octanol–water partition coefficient (Wildman–Crippen LogP) is 4.67. The van der Waals surface area contributed by atoms with Gasteiger partial charge in [-0.2, -0.15) is 0 Å². The van der Waals surface area contributed by atoms with Gasteiger partial charge >= 0.3 is 0 Å². The van der Waals surface area contributed by atoms with E-state index in [4.69, 9.17) is 0 Å². The molecule has 0 fully saturated rings. The van der Waals surface area contributed by atoms with E-state index in [2.05, 4.69) is 77.7 Å². The number of hydrogen-bond acceptors (Lipinski definition) is 2. The van der Waals surface area contributed by atoms with Gasteiger partial charge in [0.2, 0.25) is 5.91 Å². The molecular formula is C25H26N2O. The van der Waals surface area contributed by atoms with E-state index < -0.39 is 0 Å². The Kier molecular flexibility index (Phi) is 5.72. The summed E-state index contributed by atoms with van der Waals surface area (Å²) in [5.74, 6) is 0.239. The third-order valence-electron chi connectivity index (χ3n) is 5.42. The molecule has 142 valence electrons. The van der Waals surface area contributed by atoms with Gasteiger partial charge in [-0.3, -0.25) is 4.79 Å². The Morgan fingerprint density at radius 2 is 1.46 bits per heavy atom. The molecule has 1 heterocycles. The lowest BCUT2D eigenvalue weighted by Gasteiger charge is -2.30. The van der Waals surface area contributed by atoms with Gasteiger partial charge in [-0.25, -0.2) is 0 Å². The topological polar surface area (TPSA) is 23.6 Å². The number of fused-ring (bicyclic) bond motifs is 1. The normalized spacial score (nSPS) is 13.1. The lowest BCUT2D eigenvalue weighted by Crippen LogP contribution is -2.38. The lowest BCUT2D eigenvalue weighted by atomic mass is 10.00. The number of anilines is 1. The van der Waals surface area contributed by atoms with Crippen molar-refractivity contribution in [1.82, 2.24) is 4.90 Å². The third kappa shape index (κ3) is 4.42. The largest absolute Gasteiger partial charge is 0.367 e. The number of benzene rings is 3. The van der Waals surface area contributed by atoms with Crippen LogP contribution in [0.15, 0.2) is 84.9 Å². The monoisotopic (exact) mass is 370 g/mol. The van der Waals surface area contributed by atoms with Crippen molar-refractivity contribution in [3.8, 4) is 0 Å². The molecule has 1 amide bonds. The highest BCUT2D eigenvalue weighted by Gasteiger charge is 2.21. The Hall–Kier alpha value is -3.07. The SMILES string of the molecule is O=C(CCN(Cc1ccccc1)c1ccccc1)N1CCc2ccccc2C1. The van der Waals surface area contributed by atoms with Crippen LogP contribution in [-0.4, -0.2) is 23.9 Å². The highest BCUT2D eigenvalue weighted by Crippen LogP contribution is 2.21. The molecule has 0 spiro atoms. The number of nitrogens with zero attached hydrogens (tertiary/aromatic N) is 2. The molecule has 28 heavy (non-hydrogen) atoms. The van der Waals surface area contributed by atoms with Crippen LogP contribution in [0.25, 0.3) is 0 Å². The summed E-state index contributed by atoms with van der Waals surface area (Å²) in [6.45, 7) is 3.08. The number of amides is 1. The fourth-order valence-corrected chi connectivity index (χ4v) is 3.84. The first kappa shape index (κ1) is 18.3. The molecule has 4 rings (SSSR count). The average molecular weight is 370 g/mol. The molecule has 0 aliphatic carbocycles. The van der Waals surface area contributed by atoms with Gasteiger partial charge in [-0.1, -0.05) is 72.8 Å². The van der Waals surface area contributed by atoms with Gasteiger partial charge in [-0.05, 0) is 35.2 Å². The van der Waals surface area contributed by atoms with Crippen molar-refractivity contribution in [2.45, 2.75) is 25.9 Å². The van der Waals surface area contributed by atoms with Gasteiger partial charge in [0.05, 0.1) is 0 Å². The van der Waals surface area contributed by atoms with E-state index in [0.717, 1.165) is 38.3 Å². The molecule has 1 aliphatic heterocycles. The lowest BCUT2D eigenvalue weighted by molar-refractivity contribution is -0.131. The van der Waals surface area contributed by atoms with Crippen LogP contribution in [0.2, 0.25) is 0 Å². The second kappa shape index (κ2) is 8.75. The predicted molar refractivity (Wildman–Crippen MR) is 114 cm³/mol. The van der Waals surface area contributed by atoms with Crippen LogP contribution in [0.1, 0.15) is 23.1 Å². The van der Waals surface area contributed by atoms with Crippen LogP contribution in [0.5, 0.6) is 0 Å². The molecule has 0 bridgehead atoms. The zero-order chi connectivity index (χ0) is 19.2. The van der Waals surface area contributed by atoms with E-state index in [-0.39, 0.29) is 5.91 Å². The van der Waals surface area contributed by atoms with Crippen LogP contribution in [-0.2, 0) is 24.3 Å². The Labute approximate surface area is 167 Å². The van der Waals surface area contributed by atoms with Gasteiger partial charge in [0.15, 0.2) is 0 Å². The molecule has 3 nitrogen and oxygen atoms in total. The molecular weight excluding hydrogens is 344 g/mol. The Morgan fingerprint density at radius 3 is 2.21 bits per heavy atom. The third-order valence-corrected chi connectivity index (χ3v) is 5.42. The minimum Gasteiger partial charge on any atom is -0.367 e. The van der Waals surface area contributed by atoms with E-state index in [1.807, 2.05) is 17.0 Å². The van der Waals surface area contributed by atoms with E-state index in [0.29, 0.717) is 6.42 Å². The quantitative estimate of drug-likeness (QED) is 0.630. The van der Waals surface area contributed by atoms with Crippen molar-refractivity contribution in [2.75, 3.05) is 18.0 Å². The molecule has 3 aromatic carbocycles. The number of rotatable bonds is 6. The molecule has 0 radical (unpaired) electrons. The average Bonchev–Trinajstić information content (AvgIpc) is 2.77. The second-order valence-corrected chi connectivity index (χ2v) is 7.33. The van der Waals surface area contributed by atoms with E-state index in [1.165, 1.54) is 16.7 Å². The first-order chi connectivity index (χ1) is 13.8. The van der Waals surface area contributed by atoms with Crippen molar-refractivity contribution in [3.63, 3.8) is 0 Å². The summed E-state index contributed by atoms with van der Waals surface area (Å²) in [7, 11) is 0. The summed E-state index contributed by atoms with van der Waals surface area (Å²) >= 11 is 0. The van der Waals surface area contributed by atoms with Crippen molar-refractivity contribution in [3.05, 3.63) is 102 Å². The molecule has 0 aromatic heterocycles. The van der Waals surface area contributed by atoms with Crippen LogP contribution >= 0.6 is 0 Å². The summed E-state index contributed by atoms with van der Waals surface area (Å²) in [6.07, 6.45) is 1.48. The van der Waals surface area contributed by atoms with Crippen LogP contribution in [0.4, 0.5) is 5.69 Å².